The Morgan fingerprint density at radius 3 is 2.50 bits per heavy atom. The van der Waals surface area contributed by atoms with Crippen molar-refractivity contribution in [3.05, 3.63) is 66.6 Å². The molecule has 0 saturated heterocycles. The van der Waals surface area contributed by atoms with Gasteiger partial charge in [0.1, 0.15) is 18.0 Å². The van der Waals surface area contributed by atoms with E-state index in [9.17, 15) is 4.79 Å². The van der Waals surface area contributed by atoms with Crippen LogP contribution in [0.5, 0.6) is 0 Å². The van der Waals surface area contributed by atoms with Crippen molar-refractivity contribution in [1.29, 1.82) is 0 Å². The van der Waals surface area contributed by atoms with Crippen LogP contribution in [0.4, 0.5) is 16.3 Å². The molecule has 24 heavy (non-hydrogen) atoms. The quantitative estimate of drug-likeness (QED) is 0.772. The lowest BCUT2D eigenvalue weighted by atomic mass is 10.1. The van der Waals surface area contributed by atoms with Gasteiger partial charge in [0.2, 0.25) is 0 Å². The largest absolute Gasteiger partial charge is 0.328 e. The number of urea groups is 1. The second kappa shape index (κ2) is 6.91. The fraction of sp³-hybridized carbons (Fsp3) is 0.176. The van der Waals surface area contributed by atoms with Gasteiger partial charge in [0.25, 0.3) is 0 Å². The van der Waals surface area contributed by atoms with E-state index in [4.69, 9.17) is 0 Å². The van der Waals surface area contributed by atoms with E-state index >= 15 is 0 Å². The second-order valence-electron chi connectivity index (χ2n) is 5.35. The molecule has 1 atom stereocenters. The molecule has 0 saturated carbocycles. The lowest BCUT2D eigenvalue weighted by Crippen LogP contribution is -2.20. The van der Waals surface area contributed by atoms with Crippen LogP contribution < -0.4 is 10.6 Å². The number of amides is 2. The summed E-state index contributed by atoms with van der Waals surface area (Å²) in [6, 6.07) is 9.18. The van der Waals surface area contributed by atoms with Gasteiger partial charge in [-0.2, -0.15) is 0 Å². The molecule has 1 aromatic carbocycles. The molecule has 0 unspecified atom stereocenters. The normalized spacial score (nSPS) is 11.8. The van der Waals surface area contributed by atoms with E-state index in [-0.39, 0.29) is 12.1 Å². The third-order valence-corrected chi connectivity index (χ3v) is 3.75. The number of carbonyl (C=O) groups excluding carboxylic acids is 1. The van der Waals surface area contributed by atoms with Crippen molar-refractivity contribution < 1.29 is 4.79 Å². The highest BCUT2D eigenvalue weighted by atomic mass is 16.2. The standard InChI is InChI=1S/C17H18N6O/c1-12(23-10-9-19-13(23)2)14-3-5-15(6-4-14)21-17(24)22-16-7-8-18-11-20-16/h3-12H,1-2H3,(H2,18,20,21,22,24)/t12-/m1/s1. The third-order valence-electron chi connectivity index (χ3n) is 3.75. The Hall–Kier alpha value is -3.22. The topological polar surface area (TPSA) is 84.7 Å². The number of nitrogens with zero attached hydrogens (tertiary/aromatic N) is 4. The van der Waals surface area contributed by atoms with Crippen molar-refractivity contribution in [2.45, 2.75) is 19.9 Å². The van der Waals surface area contributed by atoms with Crippen molar-refractivity contribution in [2.75, 3.05) is 10.6 Å². The number of aromatic nitrogens is 4. The van der Waals surface area contributed by atoms with Gasteiger partial charge < -0.3 is 9.88 Å². The van der Waals surface area contributed by atoms with E-state index < -0.39 is 0 Å². The first-order valence-electron chi connectivity index (χ1n) is 7.57. The number of nitrogens with one attached hydrogen (secondary N) is 2. The Balaban J connectivity index is 1.64. The highest BCUT2D eigenvalue weighted by molar-refractivity contribution is 5.99. The van der Waals surface area contributed by atoms with Crippen molar-refractivity contribution >= 4 is 17.5 Å². The molecule has 7 heteroatoms. The van der Waals surface area contributed by atoms with E-state index in [0.717, 1.165) is 11.4 Å². The average molecular weight is 322 g/mol. The molecule has 0 bridgehead atoms. The average Bonchev–Trinajstić information content (AvgIpc) is 3.02. The minimum Gasteiger partial charge on any atom is -0.328 e. The number of hydrogen-bond donors (Lipinski definition) is 2. The summed E-state index contributed by atoms with van der Waals surface area (Å²) >= 11 is 0. The summed E-state index contributed by atoms with van der Waals surface area (Å²) in [5.41, 5.74) is 1.85. The first kappa shape index (κ1) is 15.7. The van der Waals surface area contributed by atoms with Gasteiger partial charge in [-0.05, 0) is 37.6 Å². The molecule has 0 aliphatic carbocycles. The SMILES string of the molecule is Cc1nccn1[C@H](C)c1ccc(NC(=O)Nc2ccncn2)cc1. The zero-order valence-electron chi connectivity index (χ0n) is 13.5. The van der Waals surface area contributed by atoms with Gasteiger partial charge in [0.05, 0.1) is 6.04 Å². The molecule has 0 aliphatic rings. The molecule has 3 rings (SSSR count). The Kier molecular flexibility index (Phi) is 4.51. The fourth-order valence-electron chi connectivity index (χ4n) is 2.45. The lowest BCUT2D eigenvalue weighted by Gasteiger charge is -2.16. The summed E-state index contributed by atoms with van der Waals surface area (Å²) in [7, 11) is 0. The number of aryl methyl sites for hydroxylation is 1. The molecule has 122 valence electrons. The number of anilines is 2. The van der Waals surface area contributed by atoms with E-state index in [0.29, 0.717) is 11.5 Å². The molecule has 3 aromatic rings. The summed E-state index contributed by atoms with van der Waals surface area (Å²) in [5, 5.41) is 5.42. The molecule has 0 fully saturated rings. The Morgan fingerprint density at radius 2 is 1.88 bits per heavy atom. The van der Waals surface area contributed by atoms with Crippen LogP contribution >= 0.6 is 0 Å². The minimum absolute atomic E-state index is 0.177. The third kappa shape index (κ3) is 3.57. The maximum Gasteiger partial charge on any atom is 0.324 e. The van der Waals surface area contributed by atoms with Gasteiger partial charge in [-0.15, -0.1) is 0 Å². The Labute approximate surface area is 139 Å². The molecule has 0 aliphatic heterocycles. The Morgan fingerprint density at radius 1 is 1.08 bits per heavy atom. The first-order chi connectivity index (χ1) is 11.6. The zero-order valence-corrected chi connectivity index (χ0v) is 13.5. The summed E-state index contributed by atoms with van der Waals surface area (Å²) < 4.78 is 2.10. The molecule has 0 spiro atoms. The number of rotatable bonds is 4. The van der Waals surface area contributed by atoms with Crippen LogP contribution in [0.3, 0.4) is 0 Å². The van der Waals surface area contributed by atoms with Crippen LogP contribution in [-0.4, -0.2) is 25.6 Å². The molecule has 2 aromatic heterocycles. The fourth-order valence-corrected chi connectivity index (χ4v) is 2.45. The van der Waals surface area contributed by atoms with Crippen LogP contribution in [-0.2, 0) is 0 Å². The van der Waals surface area contributed by atoms with Gasteiger partial charge >= 0.3 is 6.03 Å². The number of hydrogen-bond acceptors (Lipinski definition) is 4. The van der Waals surface area contributed by atoms with Crippen LogP contribution in [0, 0.1) is 6.92 Å². The molecule has 2 amide bonds. The highest BCUT2D eigenvalue weighted by Crippen LogP contribution is 2.21. The van der Waals surface area contributed by atoms with Crippen LogP contribution in [0.1, 0.15) is 24.4 Å². The monoisotopic (exact) mass is 322 g/mol. The molecule has 7 nitrogen and oxygen atoms in total. The molecular formula is C17H18N6O. The van der Waals surface area contributed by atoms with Gasteiger partial charge in [-0.25, -0.2) is 19.7 Å². The summed E-state index contributed by atoms with van der Waals surface area (Å²) in [4.78, 5) is 23.9. The van der Waals surface area contributed by atoms with E-state index in [1.807, 2.05) is 37.4 Å². The van der Waals surface area contributed by atoms with Crippen molar-refractivity contribution in [2.24, 2.45) is 0 Å². The van der Waals surface area contributed by atoms with E-state index in [2.05, 4.69) is 37.1 Å². The lowest BCUT2D eigenvalue weighted by molar-refractivity contribution is 0.262. The van der Waals surface area contributed by atoms with Crippen LogP contribution in [0.15, 0.2) is 55.2 Å². The van der Waals surface area contributed by atoms with E-state index in [1.165, 1.54) is 6.33 Å². The predicted octanol–water partition coefficient (Wildman–Crippen LogP) is 3.23. The predicted molar refractivity (Wildman–Crippen MR) is 91.9 cm³/mol. The summed E-state index contributed by atoms with van der Waals surface area (Å²) in [6.07, 6.45) is 6.70. The smallest absolute Gasteiger partial charge is 0.324 e. The first-order valence-corrected chi connectivity index (χ1v) is 7.57. The maximum absolute atomic E-state index is 11.9. The van der Waals surface area contributed by atoms with Gasteiger partial charge in [0, 0.05) is 24.3 Å². The number of benzene rings is 1. The van der Waals surface area contributed by atoms with Crippen LogP contribution in [0.2, 0.25) is 0 Å². The van der Waals surface area contributed by atoms with Crippen molar-refractivity contribution in [3.8, 4) is 0 Å². The maximum atomic E-state index is 11.9. The molecule has 2 N–H and O–H groups in total. The number of imidazole rings is 1. The summed E-state index contributed by atoms with van der Waals surface area (Å²) in [5.74, 6) is 1.41. The highest BCUT2D eigenvalue weighted by Gasteiger charge is 2.10. The molecular weight excluding hydrogens is 304 g/mol. The zero-order chi connectivity index (χ0) is 16.9. The minimum atomic E-state index is -0.347. The van der Waals surface area contributed by atoms with Crippen molar-refractivity contribution in [1.82, 2.24) is 19.5 Å². The molecule has 2 heterocycles. The Bertz CT molecular complexity index is 813. The van der Waals surface area contributed by atoms with Gasteiger partial charge in [-0.1, -0.05) is 12.1 Å². The summed E-state index contributed by atoms with van der Waals surface area (Å²) in [6.45, 7) is 4.09. The molecule has 0 radical (unpaired) electrons. The van der Waals surface area contributed by atoms with Crippen LogP contribution in [0.25, 0.3) is 0 Å². The van der Waals surface area contributed by atoms with Gasteiger partial charge in [0.15, 0.2) is 0 Å². The second-order valence-corrected chi connectivity index (χ2v) is 5.35. The van der Waals surface area contributed by atoms with E-state index in [1.54, 1.807) is 18.5 Å². The number of carbonyl (C=O) groups is 1. The van der Waals surface area contributed by atoms with Crippen molar-refractivity contribution in [3.63, 3.8) is 0 Å². The van der Waals surface area contributed by atoms with Gasteiger partial charge in [-0.3, -0.25) is 5.32 Å².